The van der Waals surface area contributed by atoms with Gasteiger partial charge in [0.15, 0.2) is 0 Å². The van der Waals surface area contributed by atoms with Crippen molar-refractivity contribution in [1.29, 1.82) is 0 Å². The molecule has 202 valence electrons. The molecule has 2 amide bonds. The Morgan fingerprint density at radius 1 is 0.973 bits per heavy atom. The monoisotopic (exact) mass is 559 g/mol. The second-order valence-corrected chi connectivity index (χ2v) is 9.85. The van der Waals surface area contributed by atoms with E-state index in [2.05, 4.69) is 5.32 Å². The van der Waals surface area contributed by atoms with Crippen LogP contribution in [0.4, 0.5) is 40.8 Å². The Bertz CT molecular complexity index is 1340. The standard InChI is InChI=1S/C21H17F8N3O4S/c1-10(30-17(33)19(7-8-19)31-18(34)20(24,25)26)12-6-5-11(9-15(12)23)13-3-2-4-14(22)16(13)32-37(35,36)21(27,28)29/h2-6,9-10,32H,7-8H2,1H3,(H,30,33)(H,31,34)/t10-/m1/s1. The van der Waals surface area contributed by atoms with E-state index >= 15 is 0 Å². The molecule has 7 nitrogen and oxygen atoms in total. The fourth-order valence-electron chi connectivity index (χ4n) is 3.34. The van der Waals surface area contributed by atoms with Crippen LogP contribution in [0.1, 0.15) is 31.4 Å². The fourth-order valence-corrected chi connectivity index (χ4v) is 3.93. The molecule has 3 N–H and O–H groups in total. The first-order valence-electron chi connectivity index (χ1n) is 10.3. The Labute approximate surface area is 204 Å². The fraction of sp³-hybridized carbons (Fsp3) is 0.333. The van der Waals surface area contributed by atoms with Gasteiger partial charge in [0.05, 0.1) is 11.7 Å². The number of benzene rings is 2. The molecule has 1 atom stereocenters. The summed E-state index contributed by atoms with van der Waals surface area (Å²) in [6.45, 7) is 1.28. The maximum atomic E-state index is 14.9. The molecular formula is C21H17F8N3O4S. The van der Waals surface area contributed by atoms with Crippen LogP contribution in [0.5, 0.6) is 0 Å². The molecule has 1 fully saturated rings. The van der Waals surface area contributed by atoms with Crippen molar-refractivity contribution in [2.75, 3.05) is 4.72 Å². The Hall–Kier alpha value is -3.43. The number of nitrogens with one attached hydrogen (secondary N) is 3. The number of sulfonamides is 1. The molecule has 0 radical (unpaired) electrons. The zero-order valence-corrected chi connectivity index (χ0v) is 19.3. The predicted molar refractivity (Wildman–Crippen MR) is 113 cm³/mol. The van der Waals surface area contributed by atoms with Crippen molar-refractivity contribution in [3.05, 3.63) is 53.6 Å². The third-order valence-corrected chi connectivity index (χ3v) is 6.56. The number of alkyl halides is 6. The lowest BCUT2D eigenvalue weighted by Gasteiger charge is -2.22. The van der Waals surface area contributed by atoms with E-state index in [1.807, 2.05) is 0 Å². The number of hydrogen-bond donors (Lipinski definition) is 3. The molecule has 1 aliphatic rings. The first kappa shape index (κ1) is 28.1. The number of halogens is 8. The normalized spacial score (nSPS) is 16.0. The number of carbonyl (C=O) groups is 2. The van der Waals surface area contributed by atoms with Gasteiger partial charge in [-0.1, -0.05) is 24.3 Å². The molecule has 3 rings (SSSR count). The van der Waals surface area contributed by atoms with Gasteiger partial charge in [-0.2, -0.15) is 34.8 Å². The molecular weight excluding hydrogens is 542 g/mol. The Morgan fingerprint density at radius 3 is 2.11 bits per heavy atom. The summed E-state index contributed by atoms with van der Waals surface area (Å²) in [7, 11) is -6.01. The minimum absolute atomic E-state index is 0.0784. The highest BCUT2D eigenvalue weighted by molar-refractivity contribution is 7.93. The Balaban J connectivity index is 1.84. The SMILES string of the molecule is C[C@@H](NC(=O)C1(NC(=O)C(F)(F)F)CC1)c1ccc(-c2cccc(F)c2NS(=O)(=O)C(F)(F)F)cc1F. The molecule has 1 saturated carbocycles. The molecule has 0 aromatic heterocycles. The molecule has 0 aliphatic heterocycles. The highest BCUT2D eigenvalue weighted by Gasteiger charge is 2.55. The summed E-state index contributed by atoms with van der Waals surface area (Å²) in [5, 5.41) is 3.89. The van der Waals surface area contributed by atoms with Crippen LogP contribution in [0.25, 0.3) is 11.1 Å². The first-order valence-corrected chi connectivity index (χ1v) is 11.7. The minimum Gasteiger partial charge on any atom is -0.347 e. The van der Waals surface area contributed by atoms with E-state index in [9.17, 15) is 53.1 Å². The van der Waals surface area contributed by atoms with Gasteiger partial charge >= 0.3 is 27.6 Å². The molecule has 0 unspecified atom stereocenters. The third-order valence-electron chi connectivity index (χ3n) is 5.48. The topological polar surface area (TPSA) is 104 Å². The van der Waals surface area contributed by atoms with E-state index in [4.69, 9.17) is 0 Å². The van der Waals surface area contributed by atoms with Gasteiger partial charge in [0.25, 0.3) is 0 Å². The lowest BCUT2D eigenvalue weighted by atomic mass is 9.99. The van der Waals surface area contributed by atoms with Crippen LogP contribution >= 0.6 is 0 Å². The average Bonchev–Trinajstić information content (AvgIpc) is 3.54. The molecule has 0 heterocycles. The van der Waals surface area contributed by atoms with E-state index in [0.717, 1.165) is 35.1 Å². The van der Waals surface area contributed by atoms with Crippen molar-refractivity contribution in [3.63, 3.8) is 0 Å². The summed E-state index contributed by atoms with van der Waals surface area (Å²) in [6, 6.07) is 4.56. The second-order valence-electron chi connectivity index (χ2n) is 8.18. The van der Waals surface area contributed by atoms with Crippen molar-refractivity contribution >= 4 is 27.5 Å². The number of para-hydroxylation sites is 1. The predicted octanol–water partition coefficient (Wildman–Crippen LogP) is 4.28. The van der Waals surface area contributed by atoms with E-state index in [0.29, 0.717) is 6.07 Å². The van der Waals surface area contributed by atoms with Crippen molar-refractivity contribution in [1.82, 2.24) is 10.6 Å². The van der Waals surface area contributed by atoms with Crippen LogP contribution in [0, 0.1) is 11.6 Å². The average molecular weight is 559 g/mol. The van der Waals surface area contributed by atoms with E-state index < -0.39 is 68.0 Å². The number of rotatable bonds is 7. The summed E-state index contributed by atoms with van der Waals surface area (Å²) in [4.78, 5) is 23.6. The van der Waals surface area contributed by atoms with Crippen LogP contribution in [-0.4, -0.2) is 37.5 Å². The van der Waals surface area contributed by atoms with Gasteiger partial charge in [-0.3, -0.25) is 14.3 Å². The van der Waals surface area contributed by atoms with Gasteiger partial charge < -0.3 is 10.6 Å². The Morgan fingerprint density at radius 2 is 1.59 bits per heavy atom. The molecule has 0 bridgehead atoms. The maximum Gasteiger partial charge on any atom is 0.516 e. The van der Waals surface area contributed by atoms with Gasteiger partial charge in [0.1, 0.15) is 17.2 Å². The number of hydrogen-bond acceptors (Lipinski definition) is 4. The summed E-state index contributed by atoms with van der Waals surface area (Å²) < 4.78 is 129. The summed E-state index contributed by atoms with van der Waals surface area (Å²) in [5.74, 6) is -5.72. The van der Waals surface area contributed by atoms with Crippen molar-refractivity contribution in [2.24, 2.45) is 0 Å². The van der Waals surface area contributed by atoms with Crippen molar-refractivity contribution in [2.45, 2.75) is 43.0 Å². The largest absolute Gasteiger partial charge is 0.516 e. The quantitative estimate of drug-likeness (QED) is 0.441. The molecule has 16 heteroatoms. The number of amides is 2. The third kappa shape index (κ3) is 5.94. The van der Waals surface area contributed by atoms with Crippen LogP contribution in [-0.2, 0) is 19.6 Å². The van der Waals surface area contributed by atoms with Crippen LogP contribution in [0.15, 0.2) is 36.4 Å². The van der Waals surface area contributed by atoms with Crippen molar-refractivity contribution in [3.8, 4) is 11.1 Å². The van der Waals surface area contributed by atoms with Gasteiger partial charge in [0.2, 0.25) is 5.91 Å². The molecule has 2 aromatic carbocycles. The lowest BCUT2D eigenvalue weighted by Crippen LogP contribution is -2.53. The first-order chi connectivity index (χ1) is 16.9. The smallest absolute Gasteiger partial charge is 0.347 e. The van der Waals surface area contributed by atoms with E-state index in [1.165, 1.54) is 6.92 Å². The van der Waals surface area contributed by atoms with E-state index in [1.54, 1.807) is 5.32 Å². The number of carbonyl (C=O) groups excluding carboxylic acids is 2. The summed E-state index contributed by atoms with van der Waals surface area (Å²) in [6.07, 6.45) is -5.37. The minimum atomic E-state index is -6.01. The van der Waals surface area contributed by atoms with Gasteiger partial charge in [-0.15, -0.1) is 0 Å². The lowest BCUT2D eigenvalue weighted by molar-refractivity contribution is -0.175. The maximum absolute atomic E-state index is 14.9. The Kier molecular flexibility index (Phi) is 7.20. The zero-order chi connectivity index (χ0) is 28.0. The summed E-state index contributed by atoms with van der Waals surface area (Å²) >= 11 is 0. The molecule has 0 spiro atoms. The number of anilines is 1. The van der Waals surface area contributed by atoms with Crippen LogP contribution in [0.2, 0.25) is 0 Å². The molecule has 0 saturated heterocycles. The highest BCUT2D eigenvalue weighted by atomic mass is 32.2. The van der Waals surface area contributed by atoms with Crippen molar-refractivity contribution < 1.29 is 53.1 Å². The van der Waals surface area contributed by atoms with Gasteiger partial charge in [-0.25, -0.2) is 8.78 Å². The van der Waals surface area contributed by atoms with E-state index in [-0.39, 0.29) is 24.0 Å². The van der Waals surface area contributed by atoms with Crippen LogP contribution in [0.3, 0.4) is 0 Å². The highest BCUT2D eigenvalue weighted by Crippen LogP contribution is 2.38. The molecule has 37 heavy (non-hydrogen) atoms. The molecule has 1 aliphatic carbocycles. The van der Waals surface area contributed by atoms with Gasteiger partial charge in [0, 0.05) is 11.1 Å². The zero-order valence-electron chi connectivity index (χ0n) is 18.5. The van der Waals surface area contributed by atoms with Gasteiger partial charge in [-0.05, 0) is 37.5 Å². The molecule has 2 aromatic rings. The second kappa shape index (κ2) is 9.46. The summed E-state index contributed by atoms with van der Waals surface area (Å²) in [5.41, 5.74) is -9.50. The van der Waals surface area contributed by atoms with Crippen LogP contribution < -0.4 is 15.4 Å².